The van der Waals surface area contributed by atoms with Gasteiger partial charge in [-0.2, -0.15) is 5.10 Å². The zero-order chi connectivity index (χ0) is 22.0. The smallest absolute Gasteiger partial charge is 0.352 e. The lowest BCUT2D eigenvalue weighted by atomic mass is 10.1. The molecule has 7 nitrogen and oxygen atoms in total. The normalized spacial score (nSPS) is 15.2. The Kier molecular flexibility index (Phi) is 5.60. The van der Waals surface area contributed by atoms with Gasteiger partial charge in [0.25, 0.3) is 5.91 Å². The molecule has 2 aromatic carbocycles. The van der Waals surface area contributed by atoms with Gasteiger partial charge in [-0.05, 0) is 36.3 Å². The Morgan fingerprint density at radius 2 is 2.00 bits per heavy atom. The number of nitrogens with one attached hydrogen (secondary N) is 2. The van der Waals surface area contributed by atoms with E-state index in [1.807, 2.05) is 49.4 Å². The molecule has 3 N–H and O–H groups in total. The lowest BCUT2D eigenvalue weighted by molar-refractivity contribution is -0.132. The molecule has 156 valence electrons. The van der Waals surface area contributed by atoms with Crippen LogP contribution in [-0.4, -0.2) is 26.8 Å². The standard InChI is InChI=1S/C23H19ClN4O3/c1-14-7-9-16(11-19(14)24)26-22(29)18-13-25-28-17(10-8-15-5-3-2-4-6-15)12-20(23(30)31)27-21(18)28/h2-13,17,27H,1H3,(H,26,29)(H,30,31). The molecule has 31 heavy (non-hydrogen) atoms. The molecule has 1 amide bonds. The van der Waals surface area contributed by atoms with Gasteiger partial charge in [0.1, 0.15) is 17.1 Å². The average molecular weight is 435 g/mol. The monoisotopic (exact) mass is 434 g/mol. The van der Waals surface area contributed by atoms with Crippen molar-refractivity contribution in [2.24, 2.45) is 0 Å². The van der Waals surface area contributed by atoms with Crippen molar-refractivity contribution in [1.82, 2.24) is 9.78 Å². The van der Waals surface area contributed by atoms with Gasteiger partial charge in [0.15, 0.2) is 0 Å². The number of rotatable bonds is 5. The van der Waals surface area contributed by atoms with E-state index in [1.54, 1.807) is 29.0 Å². The van der Waals surface area contributed by atoms with Gasteiger partial charge in [0.05, 0.1) is 12.2 Å². The lowest BCUT2D eigenvalue weighted by Gasteiger charge is -2.22. The number of carbonyl (C=O) groups is 2. The quantitative estimate of drug-likeness (QED) is 0.538. The molecule has 4 rings (SSSR count). The van der Waals surface area contributed by atoms with Gasteiger partial charge in [-0.25, -0.2) is 9.48 Å². The third-order valence-corrected chi connectivity index (χ3v) is 5.27. The second-order valence-electron chi connectivity index (χ2n) is 7.04. The predicted molar refractivity (Wildman–Crippen MR) is 120 cm³/mol. The number of carboxylic acid groups (broad SMARTS) is 1. The second-order valence-corrected chi connectivity index (χ2v) is 7.45. The molecule has 0 fully saturated rings. The molecule has 0 radical (unpaired) electrons. The minimum Gasteiger partial charge on any atom is -0.477 e. The number of aromatic nitrogens is 2. The molecule has 0 spiro atoms. The summed E-state index contributed by atoms with van der Waals surface area (Å²) < 4.78 is 1.57. The summed E-state index contributed by atoms with van der Waals surface area (Å²) in [5, 5.41) is 20.0. The third-order valence-electron chi connectivity index (χ3n) is 4.86. The van der Waals surface area contributed by atoms with Gasteiger partial charge < -0.3 is 15.7 Å². The lowest BCUT2D eigenvalue weighted by Crippen LogP contribution is -2.24. The van der Waals surface area contributed by atoms with E-state index in [0.717, 1.165) is 11.1 Å². The molecule has 1 aromatic heterocycles. The molecular weight excluding hydrogens is 416 g/mol. The van der Waals surface area contributed by atoms with Crippen molar-refractivity contribution in [2.45, 2.75) is 13.0 Å². The molecule has 1 unspecified atom stereocenters. The maximum absolute atomic E-state index is 12.9. The van der Waals surface area contributed by atoms with Crippen LogP contribution in [-0.2, 0) is 4.79 Å². The van der Waals surface area contributed by atoms with Gasteiger partial charge in [-0.1, -0.05) is 60.2 Å². The Morgan fingerprint density at radius 1 is 1.23 bits per heavy atom. The number of anilines is 2. The summed E-state index contributed by atoms with van der Waals surface area (Å²) in [4.78, 5) is 24.5. The first-order valence-electron chi connectivity index (χ1n) is 9.53. The summed E-state index contributed by atoms with van der Waals surface area (Å²) in [6.45, 7) is 1.87. The largest absolute Gasteiger partial charge is 0.477 e. The maximum Gasteiger partial charge on any atom is 0.352 e. The fourth-order valence-electron chi connectivity index (χ4n) is 3.19. The van der Waals surface area contributed by atoms with E-state index in [1.165, 1.54) is 6.20 Å². The second kappa shape index (κ2) is 8.49. The highest BCUT2D eigenvalue weighted by molar-refractivity contribution is 6.31. The minimum absolute atomic E-state index is 0.0249. The minimum atomic E-state index is -1.12. The molecule has 0 saturated carbocycles. The number of aryl methyl sites for hydroxylation is 1. The Hall–Kier alpha value is -3.84. The first kappa shape index (κ1) is 20.4. The van der Waals surface area contributed by atoms with E-state index in [2.05, 4.69) is 15.7 Å². The number of hydrogen-bond donors (Lipinski definition) is 3. The van der Waals surface area contributed by atoms with Crippen molar-refractivity contribution in [3.05, 3.63) is 94.3 Å². The van der Waals surface area contributed by atoms with E-state index in [-0.39, 0.29) is 11.3 Å². The number of benzene rings is 2. The van der Waals surface area contributed by atoms with Gasteiger partial charge in [0, 0.05) is 10.7 Å². The Balaban J connectivity index is 1.64. The summed E-state index contributed by atoms with van der Waals surface area (Å²) in [7, 11) is 0. The van der Waals surface area contributed by atoms with Gasteiger partial charge in [-0.3, -0.25) is 4.79 Å². The molecular formula is C23H19ClN4O3. The molecule has 8 heteroatoms. The number of amides is 1. The van der Waals surface area contributed by atoms with E-state index in [0.29, 0.717) is 16.5 Å². The molecule has 0 bridgehead atoms. The summed E-state index contributed by atoms with van der Waals surface area (Å²) in [6, 6.07) is 14.4. The van der Waals surface area contributed by atoms with Gasteiger partial charge in [0.2, 0.25) is 0 Å². The van der Waals surface area contributed by atoms with Crippen LogP contribution >= 0.6 is 11.6 Å². The van der Waals surface area contributed by atoms with Crippen molar-refractivity contribution >= 4 is 41.1 Å². The Morgan fingerprint density at radius 3 is 2.71 bits per heavy atom. The molecule has 0 saturated heterocycles. The third kappa shape index (κ3) is 4.36. The zero-order valence-corrected chi connectivity index (χ0v) is 17.3. The summed E-state index contributed by atoms with van der Waals surface area (Å²) in [6.07, 6.45) is 6.67. The number of fused-ring (bicyclic) bond motifs is 1. The van der Waals surface area contributed by atoms with Crippen molar-refractivity contribution in [3.8, 4) is 0 Å². The number of allylic oxidation sites excluding steroid dienone is 2. The number of carboxylic acids is 1. The Labute approximate surface area is 183 Å². The molecule has 3 aromatic rings. The molecule has 2 heterocycles. The molecule has 1 aliphatic heterocycles. The SMILES string of the molecule is Cc1ccc(NC(=O)c2cnn3c2NC(C(=O)O)=CC3C=Cc2ccccc2)cc1Cl. The van der Waals surface area contributed by atoms with E-state index >= 15 is 0 Å². The van der Waals surface area contributed by atoms with Crippen LogP contribution in [0.4, 0.5) is 11.5 Å². The van der Waals surface area contributed by atoms with Crippen LogP contribution in [0, 0.1) is 6.92 Å². The van der Waals surface area contributed by atoms with Crippen LogP contribution < -0.4 is 10.6 Å². The predicted octanol–water partition coefficient (Wildman–Crippen LogP) is 4.75. The summed E-state index contributed by atoms with van der Waals surface area (Å²) in [5.74, 6) is -1.24. The number of hydrogen-bond acceptors (Lipinski definition) is 4. The van der Waals surface area contributed by atoms with E-state index < -0.39 is 17.9 Å². The zero-order valence-electron chi connectivity index (χ0n) is 16.5. The Bertz CT molecular complexity index is 1210. The van der Waals surface area contributed by atoms with Gasteiger partial charge >= 0.3 is 5.97 Å². The maximum atomic E-state index is 12.9. The first-order valence-corrected chi connectivity index (χ1v) is 9.90. The van der Waals surface area contributed by atoms with Gasteiger partial charge in [-0.15, -0.1) is 0 Å². The highest BCUT2D eigenvalue weighted by Gasteiger charge is 2.27. The number of nitrogens with zero attached hydrogens (tertiary/aromatic N) is 2. The van der Waals surface area contributed by atoms with Crippen LogP contribution in [0.5, 0.6) is 0 Å². The van der Waals surface area contributed by atoms with Crippen molar-refractivity contribution in [1.29, 1.82) is 0 Å². The molecule has 0 aliphatic carbocycles. The van der Waals surface area contributed by atoms with Crippen LogP contribution in [0.1, 0.15) is 27.5 Å². The van der Waals surface area contributed by atoms with Crippen LogP contribution in [0.25, 0.3) is 6.08 Å². The summed E-state index contributed by atoms with van der Waals surface area (Å²) >= 11 is 6.14. The van der Waals surface area contributed by atoms with Crippen molar-refractivity contribution < 1.29 is 14.7 Å². The average Bonchev–Trinajstić information content (AvgIpc) is 3.19. The molecule has 1 atom stereocenters. The van der Waals surface area contributed by atoms with Crippen molar-refractivity contribution in [2.75, 3.05) is 10.6 Å². The fourth-order valence-corrected chi connectivity index (χ4v) is 3.37. The highest BCUT2D eigenvalue weighted by atomic mass is 35.5. The van der Waals surface area contributed by atoms with Crippen LogP contribution in [0.2, 0.25) is 5.02 Å². The fraction of sp³-hybridized carbons (Fsp3) is 0.0870. The van der Waals surface area contributed by atoms with Crippen LogP contribution in [0.3, 0.4) is 0 Å². The topological polar surface area (TPSA) is 96.3 Å². The number of halogens is 1. The van der Waals surface area contributed by atoms with E-state index in [4.69, 9.17) is 11.6 Å². The van der Waals surface area contributed by atoms with Crippen molar-refractivity contribution in [3.63, 3.8) is 0 Å². The first-order chi connectivity index (χ1) is 14.9. The van der Waals surface area contributed by atoms with Crippen LogP contribution in [0.15, 0.2) is 72.6 Å². The highest BCUT2D eigenvalue weighted by Crippen LogP contribution is 2.30. The number of carbonyl (C=O) groups excluding carboxylic acids is 1. The van der Waals surface area contributed by atoms with E-state index in [9.17, 15) is 14.7 Å². The number of aliphatic carboxylic acids is 1. The molecule has 1 aliphatic rings. The summed E-state index contributed by atoms with van der Waals surface area (Å²) in [5.41, 5.74) is 2.60.